The van der Waals surface area contributed by atoms with Gasteiger partial charge in [-0.15, -0.1) is 10.2 Å². The van der Waals surface area contributed by atoms with Crippen molar-refractivity contribution in [3.8, 4) is 0 Å². The molecule has 3 aromatic rings. The van der Waals surface area contributed by atoms with Gasteiger partial charge in [0.25, 0.3) is 5.22 Å². The molecule has 0 unspecified atom stereocenters. The van der Waals surface area contributed by atoms with Crippen LogP contribution in [0.4, 0.5) is 5.69 Å². The Morgan fingerprint density at radius 2 is 1.81 bits per heavy atom. The molecular formula is C19H18N4O3S. The molecular weight excluding hydrogens is 364 g/mol. The number of nitrogens with zero attached hydrogens (tertiary/aromatic N) is 2. The number of nitrogens with two attached hydrogens (primary N) is 1. The quantitative estimate of drug-likeness (QED) is 0.608. The molecule has 0 aliphatic carbocycles. The van der Waals surface area contributed by atoms with E-state index in [2.05, 4.69) is 15.5 Å². The van der Waals surface area contributed by atoms with Crippen LogP contribution in [0, 0.1) is 0 Å². The molecule has 0 bridgehead atoms. The normalized spacial score (nSPS) is 11.7. The topological polar surface area (TPSA) is 111 Å². The molecule has 0 spiro atoms. The molecule has 2 amide bonds. The van der Waals surface area contributed by atoms with E-state index in [1.807, 2.05) is 30.3 Å². The van der Waals surface area contributed by atoms with Crippen molar-refractivity contribution in [2.75, 3.05) is 5.32 Å². The van der Waals surface area contributed by atoms with Gasteiger partial charge in [0.2, 0.25) is 17.7 Å². The number of primary amides is 1. The van der Waals surface area contributed by atoms with Crippen LogP contribution >= 0.6 is 11.8 Å². The molecule has 1 atom stereocenters. The van der Waals surface area contributed by atoms with Crippen LogP contribution in [0.3, 0.4) is 0 Å². The van der Waals surface area contributed by atoms with Gasteiger partial charge in [0.15, 0.2) is 0 Å². The summed E-state index contributed by atoms with van der Waals surface area (Å²) < 4.78 is 5.61. The number of aromatic nitrogens is 2. The molecule has 138 valence electrons. The highest BCUT2D eigenvalue weighted by Gasteiger charge is 2.18. The van der Waals surface area contributed by atoms with E-state index in [4.69, 9.17) is 10.2 Å². The Kier molecular flexibility index (Phi) is 5.87. The number of nitrogens with one attached hydrogen (secondary N) is 1. The van der Waals surface area contributed by atoms with Crippen LogP contribution in [0.25, 0.3) is 0 Å². The molecule has 0 saturated carbocycles. The van der Waals surface area contributed by atoms with E-state index < -0.39 is 11.2 Å². The second-order valence-electron chi connectivity index (χ2n) is 5.82. The average Bonchev–Trinajstić information content (AvgIpc) is 3.09. The summed E-state index contributed by atoms with van der Waals surface area (Å²) >= 11 is 1.18. The maximum absolute atomic E-state index is 12.3. The third-order valence-corrected chi connectivity index (χ3v) is 4.66. The van der Waals surface area contributed by atoms with E-state index in [1.165, 1.54) is 11.8 Å². The lowest BCUT2D eigenvalue weighted by molar-refractivity contribution is -0.115. The summed E-state index contributed by atoms with van der Waals surface area (Å²) in [6, 6.07) is 16.2. The summed E-state index contributed by atoms with van der Waals surface area (Å²) in [7, 11) is 0. The van der Waals surface area contributed by atoms with E-state index in [9.17, 15) is 9.59 Å². The number of benzene rings is 2. The number of thioether (sulfide) groups is 1. The zero-order valence-corrected chi connectivity index (χ0v) is 15.4. The number of hydrogen-bond acceptors (Lipinski definition) is 6. The van der Waals surface area contributed by atoms with Gasteiger partial charge in [0.1, 0.15) is 0 Å². The van der Waals surface area contributed by atoms with E-state index in [1.54, 1.807) is 31.2 Å². The first-order valence-electron chi connectivity index (χ1n) is 8.25. The van der Waals surface area contributed by atoms with Crippen LogP contribution in [-0.2, 0) is 11.2 Å². The van der Waals surface area contributed by atoms with Gasteiger partial charge >= 0.3 is 0 Å². The van der Waals surface area contributed by atoms with Crippen LogP contribution in [0.2, 0.25) is 0 Å². The highest BCUT2D eigenvalue weighted by Crippen LogP contribution is 2.23. The second-order valence-corrected chi connectivity index (χ2v) is 7.11. The number of amides is 2. The third kappa shape index (κ3) is 5.18. The summed E-state index contributed by atoms with van der Waals surface area (Å²) in [6.07, 6.45) is 0.543. The van der Waals surface area contributed by atoms with Gasteiger partial charge in [-0.1, -0.05) is 42.1 Å². The molecule has 3 N–H and O–H groups in total. The molecule has 1 heterocycles. The molecule has 3 rings (SSSR count). The number of carbonyl (C=O) groups is 2. The van der Waals surface area contributed by atoms with Crippen molar-refractivity contribution in [3.05, 3.63) is 71.6 Å². The van der Waals surface area contributed by atoms with E-state index in [0.29, 0.717) is 28.8 Å². The molecule has 2 aromatic carbocycles. The predicted molar refractivity (Wildman–Crippen MR) is 102 cm³/mol. The Balaban J connectivity index is 1.56. The molecule has 27 heavy (non-hydrogen) atoms. The summed E-state index contributed by atoms with van der Waals surface area (Å²) in [5.74, 6) is -0.229. The Labute approximate surface area is 160 Å². The summed E-state index contributed by atoms with van der Waals surface area (Å²) in [5, 5.41) is 10.7. The van der Waals surface area contributed by atoms with Crippen LogP contribution in [0.5, 0.6) is 0 Å². The Hall–Kier alpha value is -3.13. The first kappa shape index (κ1) is 18.7. The van der Waals surface area contributed by atoms with Crippen molar-refractivity contribution in [3.63, 3.8) is 0 Å². The zero-order chi connectivity index (χ0) is 19.2. The lowest BCUT2D eigenvalue weighted by Crippen LogP contribution is -2.22. The molecule has 0 saturated heterocycles. The summed E-state index contributed by atoms with van der Waals surface area (Å²) in [6.45, 7) is 1.75. The lowest BCUT2D eigenvalue weighted by atomic mass is 10.2. The lowest BCUT2D eigenvalue weighted by Gasteiger charge is -2.10. The van der Waals surface area contributed by atoms with E-state index in [0.717, 1.165) is 5.56 Å². The number of rotatable bonds is 7. The van der Waals surface area contributed by atoms with Gasteiger partial charge < -0.3 is 15.5 Å². The molecule has 0 aliphatic rings. The fourth-order valence-electron chi connectivity index (χ4n) is 2.29. The second kappa shape index (κ2) is 8.50. The van der Waals surface area contributed by atoms with Crippen molar-refractivity contribution >= 4 is 29.3 Å². The van der Waals surface area contributed by atoms with Crippen molar-refractivity contribution < 1.29 is 14.0 Å². The van der Waals surface area contributed by atoms with Gasteiger partial charge in [-0.3, -0.25) is 9.59 Å². The Morgan fingerprint density at radius 1 is 1.11 bits per heavy atom. The maximum atomic E-state index is 12.3. The smallest absolute Gasteiger partial charge is 0.277 e. The van der Waals surface area contributed by atoms with Crippen LogP contribution in [0.1, 0.15) is 28.7 Å². The standard InChI is InChI=1S/C19H18N4O3S/c1-12(18(25)21-15-9-7-14(8-10-15)17(20)24)27-19-23-22-16(26-19)11-13-5-3-2-4-6-13/h2-10,12H,11H2,1H3,(H2,20,24)(H,21,25)/t12-/m0/s1. The van der Waals surface area contributed by atoms with Crippen LogP contribution < -0.4 is 11.1 Å². The van der Waals surface area contributed by atoms with Crippen LogP contribution in [-0.4, -0.2) is 27.3 Å². The zero-order valence-electron chi connectivity index (χ0n) is 14.6. The van der Waals surface area contributed by atoms with Gasteiger partial charge in [0, 0.05) is 11.3 Å². The molecule has 8 heteroatoms. The molecule has 0 aliphatic heterocycles. The predicted octanol–water partition coefficient (Wildman–Crippen LogP) is 2.88. The van der Waals surface area contributed by atoms with E-state index in [-0.39, 0.29) is 5.91 Å². The first-order chi connectivity index (χ1) is 13.0. The molecule has 0 fully saturated rings. The van der Waals surface area contributed by atoms with Crippen molar-refractivity contribution in [2.45, 2.75) is 23.8 Å². The molecule has 1 aromatic heterocycles. The SMILES string of the molecule is C[C@H](Sc1nnc(Cc2ccccc2)o1)C(=O)Nc1ccc(C(N)=O)cc1. The van der Waals surface area contributed by atoms with Crippen LogP contribution in [0.15, 0.2) is 64.2 Å². The monoisotopic (exact) mass is 382 g/mol. The average molecular weight is 382 g/mol. The van der Waals surface area contributed by atoms with Gasteiger partial charge in [-0.25, -0.2) is 0 Å². The Morgan fingerprint density at radius 3 is 2.48 bits per heavy atom. The fourth-order valence-corrected chi connectivity index (χ4v) is 2.99. The van der Waals surface area contributed by atoms with E-state index >= 15 is 0 Å². The highest BCUT2D eigenvalue weighted by molar-refractivity contribution is 8.00. The number of anilines is 1. The number of carbonyl (C=O) groups excluding carboxylic acids is 2. The van der Waals surface area contributed by atoms with Gasteiger partial charge in [-0.05, 0) is 36.8 Å². The minimum atomic E-state index is -0.514. The largest absolute Gasteiger partial charge is 0.416 e. The van der Waals surface area contributed by atoms with Crippen molar-refractivity contribution in [2.24, 2.45) is 5.73 Å². The first-order valence-corrected chi connectivity index (χ1v) is 9.13. The van der Waals surface area contributed by atoms with Gasteiger partial charge in [0.05, 0.1) is 11.7 Å². The molecule has 7 nitrogen and oxygen atoms in total. The minimum absolute atomic E-state index is 0.213. The van der Waals surface area contributed by atoms with Crippen molar-refractivity contribution in [1.82, 2.24) is 10.2 Å². The Bertz CT molecular complexity index is 926. The maximum Gasteiger partial charge on any atom is 0.277 e. The summed E-state index contributed by atoms with van der Waals surface area (Å²) in [5.41, 5.74) is 7.23. The third-order valence-electron chi connectivity index (χ3n) is 3.73. The summed E-state index contributed by atoms with van der Waals surface area (Å²) in [4.78, 5) is 23.4. The minimum Gasteiger partial charge on any atom is -0.416 e. The fraction of sp³-hybridized carbons (Fsp3) is 0.158. The highest BCUT2D eigenvalue weighted by atomic mass is 32.2. The van der Waals surface area contributed by atoms with Gasteiger partial charge in [-0.2, -0.15) is 0 Å². The number of hydrogen-bond donors (Lipinski definition) is 2. The molecule has 0 radical (unpaired) electrons. The van der Waals surface area contributed by atoms with Crippen molar-refractivity contribution in [1.29, 1.82) is 0 Å².